The van der Waals surface area contributed by atoms with Crippen molar-refractivity contribution in [3.63, 3.8) is 0 Å². The van der Waals surface area contributed by atoms with Crippen LogP contribution in [0.4, 0.5) is 5.69 Å². The fourth-order valence-corrected chi connectivity index (χ4v) is 2.91. The smallest absolute Gasteiger partial charge is 0.265 e. The van der Waals surface area contributed by atoms with Gasteiger partial charge in [-0.05, 0) is 22.0 Å². The van der Waals surface area contributed by atoms with Crippen molar-refractivity contribution in [3.05, 3.63) is 35.3 Å². The molecule has 19 heavy (non-hydrogen) atoms. The minimum absolute atomic E-state index is 0.0877. The summed E-state index contributed by atoms with van der Waals surface area (Å²) >= 11 is 3.22. The first-order valence-corrected chi connectivity index (χ1v) is 7.65. The Morgan fingerprint density at radius 3 is 2.89 bits per heavy atom. The molecule has 0 fully saturated rings. The van der Waals surface area contributed by atoms with Crippen molar-refractivity contribution in [3.8, 4) is 0 Å². The number of pyridine rings is 1. The van der Waals surface area contributed by atoms with Crippen LogP contribution in [-0.2, 0) is 16.6 Å². The number of nitrogens with one attached hydrogen (secondary N) is 1. The average Bonchev–Trinajstić information content (AvgIpc) is 2.82. The predicted molar refractivity (Wildman–Crippen MR) is 74.0 cm³/mol. The molecule has 0 atom stereocenters. The number of anilines is 1. The lowest BCUT2D eigenvalue weighted by Crippen LogP contribution is -2.13. The number of hydrogen-bond acceptors (Lipinski definition) is 5. The lowest BCUT2D eigenvalue weighted by molar-refractivity contribution is 0.599. The predicted octanol–water partition coefficient (Wildman–Crippen LogP) is 0.800. The molecule has 0 bridgehead atoms. The van der Waals surface area contributed by atoms with Crippen molar-refractivity contribution in [2.45, 2.75) is 11.4 Å². The molecule has 2 rings (SSSR count). The van der Waals surface area contributed by atoms with E-state index in [9.17, 15) is 8.42 Å². The molecule has 2 heterocycles. The lowest BCUT2D eigenvalue weighted by atomic mass is 10.4. The highest BCUT2D eigenvalue weighted by Gasteiger charge is 2.17. The normalized spacial score (nSPS) is 11.5. The van der Waals surface area contributed by atoms with Crippen LogP contribution in [0.3, 0.4) is 0 Å². The molecule has 7 nitrogen and oxygen atoms in total. The van der Waals surface area contributed by atoms with Gasteiger partial charge in [-0.3, -0.25) is 14.4 Å². The molecule has 2 aromatic rings. The largest absolute Gasteiger partial charge is 0.329 e. The van der Waals surface area contributed by atoms with Crippen LogP contribution in [0.25, 0.3) is 0 Å². The van der Waals surface area contributed by atoms with Crippen LogP contribution in [-0.4, -0.2) is 29.7 Å². The van der Waals surface area contributed by atoms with Gasteiger partial charge in [0, 0.05) is 25.1 Å². The van der Waals surface area contributed by atoms with Crippen LogP contribution < -0.4 is 10.5 Å². The Labute approximate surface area is 119 Å². The summed E-state index contributed by atoms with van der Waals surface area (Å²) in [6.45, 7) is 0.860. The molecule has 0 aliphatic heterocycles. The van der Waals surface area contributed by atoms with E-state index < -0.39 is 10.0 Å². The Morgan fingerprint density at radius 1 is 1.42 bits per heavy atom. The highest BCUT2D eigenvalue weighted by atomic mass is 79.9. The van der Waals surface area contributed by atoms with E-state index in [1.54, 1.807) is 6.07 Å². The minimum atomic E-state index is -3.67. The summed E-state index contributed by atoms with van der Waals surface area (Å²) in [4.78, 5) is 3.95. The second-order valence-electron chi connectivity index (χ2n) is 3.69. The Morgan fingerprint density at radius 2 is 2.21 bits per heavy atom. The third-order valence-electron chi connectivity index (χ3n) is 2.29. The fraction of sp³-hybridized carbons (Fsp3) is 0.200. The first-order chi connectivity index (χ1) is 9.03. The van der Waals surface area contributed by atoms with Crippen molar-refractivity contribution < 1.29 is 8.42 Å². The molecule has 0 amide bonds. The fourth-order valence-electron chi connectivity index (χ4n) is 1.40. The van der Waals surface area contributed by atoms with Crippen LogP contribution in [0.2, 0.25) is 0 Å². The van der Waals surface area contributed by atoms with E-state index in [4.69, 9.17) is 5.73 Å². The van der Waals surface area contributed by atoms with Crippen LogP contribution in [0.1, 0.15) is 0 Å². The van der Waals surface area contributed by atoms with Gasteiger partial charge in [0.2, 0.25) is 0 Å². The summed E-state index contributed by atoms with van der Waals surface area (Å²) in [5.74, 6) is 0. The van der Waals surface area contributed by atoms with Gasteiger partial charge in [0.15, 0.2) is 0 Å². The van der Waals surface area contributed by atoms with Crippen LogP contribution >= 0.6 is 15.9 Å². The van der Waals surface area contributed by atoms with E-state index in [2.05, 4.69) is 30.7 Å². The van der Waals surface area contributed by atoms with E-state index in [0.29, 0.717) is 23.2 Å². The van der Waals surface area contributed by atoms with Gasteiger partial charge in [-0.1, -0.05) is 0 Å². The number of hydrogen-bond donors (Lipinski definition) is 2. The van der Waals surface area contributed by atoms with Gasteiger partial charge < -0.3 is 5.73 Å². The van der Waals surface area contributed by atoms with Gasteiger partial charge in [0.25, 0.3) is 10.0 Å². The summed E-state index contributed by atoms with van der Waals surface area (Å²) in [5, 5.41) is 3.93. The van der Waals surface area contributed by atoms with Gasteiger partial charge in [-0.2, -0.15) is 5.10 Å². The zero-order valence-electron chi connectivity index (χ0n) is 9.82. The molecule has 0 unspecified atom stereocenters. The standard InChI is InChI=1S/C10H12BrN5O2S/c11-9-6-13-3-1-10(9)15-19(17,18)8-5-14-16(7-8)4-2-12/h1,3,5-7H,2,4,12H2,(H,13,15). The number of nitrogens with zero attached hydrogens (tertiary/aromatic N) is 3. The Bertz CT molecular complexity index is 670. The van der Waals surface area contributed by atoms with Gasteiger partial charge in [0.05, 0.1) is 22.9 Å². The van der Waals surface area contributed by atoms with Gasteiger partial charge in [-0.15, -0.1) is 0 Å². The Balaban J connectivity index is 2.25. The molecular weight excluding hydrogens is 334 g/mol. The summed E-state index contributed by atoms with van der Waals surface area (Å²) in [6.07, 6.45) is 5.73. The summed E-state index contributed by atoms with van der Waals surface area (Å²) in [6, 6.07) is 1.56. The van der Waals surface area contributed by atoms with Gasteiger partial charge in [-0.25, -0.2) is 8.42 Å². The Hall–Kier alpha value is -1.45. The molecule has 3 N–H and O–H groups in total. The third-order valence-corrected chi connectivity index (χ3v) is 4.25. The SMILES string of the molecule is NCCn1cc(S(=O)(=O)Nc2ccncc2Br)cn1. The second-order valence-corrected chi connectivity index (χ2v) is 6.23. The lowest BCUT2D eigenvalue weighted by Gasteiger charge is -2.07. The molecule has 0 radical (unpaired) electrons. The molecule has 0 spiro atoms. The number of halogens is 1. The van der Waals surface area contributed by atoms with Crippen molar-refractivity contribution >= 4 is 31.6 Å². The molecular formula is C10H12BrN5O2S. The van der Waals surface area contributed by atoms with E-state index in [0.717, 1.165) is 0 Å². The monoisotopic (exact) mass is 345 g/mol. The van der Waals surface area contributed by atoms with Crippen molar-refractivity contribution in [2.24, 2.45) is 5.73 Å². The molecule has 0 saturated carbocycles. The number of aromatic nitrogens is 3. The molecule has 0 saturated heterocycles. The summed E-state index contributed by atoms with van der Waals surface area (Å²) in [7, 11) is -3.67. The highest BCUT2D eigenvalue weighted by molar-refractivity contribution is 9.10. The van der Waals surface area contributed by atoms with Gasteiger partial charge >= 0.3 is 0 Å². The Kier molecular flexibility index (Phi) is 4.17. The van der Waals surface area contributed by atoms with E-state index in [1.165, 1.54) is 29.5 Å². The molecule has 2 aromatic heterocycles. The van der Waals surface area contributed by atoms with E-state index >= 15 is 0 Å². The number of nitrogens with two attached hydrogens (primary N) is 1. The third kappa shape index (κ3) is 3.31. The highest BCUT2D eigenvalue weighted by Crippen LogP contribution is 2.23. The van der Waals surface area contributed by atoms with Crippen LogP contribution in [0, 0.1) is 0 Å². The molecule has 0 aliphatic rings. The number of sulfonamides is 1. The molecule has 0 aliphatic carbocycles. The first-order valence-electron chi connectivity index (χ1n) is 5.38. The maximum atomic E-state index is 12.1. The van der Waals surface area contributed by atoms with Crippen molar-refractivity contribution in [2.75, 3.05) is 11.3 Å². The number of rotatable bonds is 5. The van der Waals surface area contributed by atoms with Crippen LogP contribution in [0.5, 0.6) is 0 Å². The summed E-state index contributed by atoms with van der Waals surface area (Å²) in [5.41, 5.74) is 5.80. The molecule has 0 aromatic carbocycles. The maximum absolute atomic E-state index is 12.1. The zero-order valence-corrected chi connectivity index (χ0v) is 12.2. The first kappa shape index (κ1) is 14.0. The van der Waals surface area contributed by atoms with E-state index in [1.807, 2.05) is 0 Å². The minimum Gasteiger partial charge on any atom is -0.329 e. The quantitative estimate of drug-likeness (QED) is 0.834. The van der Waals surface area contributed by atoms with Crippen LogP contribution in [0.15, 0.2) is 40.2 Å². The van der Waals surface area contributed by atoms with E-state index in [-0.39, 0.29) is 4.90 Å². The molecule has 102 valence electrons. The van der Waals surface area contributed by atoms with Crippen molar-refractivity contribution in [1.82, 2.24) is 14.8 Å². The van der Waals surface area contributed by atoms with Crippen molar-refractivity contribution in [1.29, 1.82) is 0 Å². The van der Waals surface area contributed by atoms with Gasteiger partial charge in [0.1, 0.15) is 4.90 Å². The zero-order chi connectivity index (χ0) is 13.9. The average molecular weight is 346 g/mol. The second kappa shape index (κ2) is 5.68. The maximum Gasteiger partial charge on any atom is 0.265 e. The summed E-state index contributed by atoms with van der Waals surface area (Å²) < 4.78 is 28.8. The molecule has 9 heteroatoms. The topological polar surface area (TPSA) is 103 Å².